The molecular weight excluding hydrogens is 312 g/mol. The lowest BCUT2D eigenvalue weighted by atomic mass is 9.84. The maximum absolute atomic E-state index is 12.6. The number of esters is 1. The van der Waals surface area contributed by atoms with Gasteiger partial charge >= 0.3 is 5.97 Å². The van der Waals surface area contributed by atoms with Crippen molar-refractivity contribution in [2.45, 2.75) is 58.3 Å². The standard InChI is InChI=1S/C22H24O3/c1-4-5-11-15-17-13-24-20(14-9-7-6-8-10-14)16(17)12-18-19(15)21(23)25-22(18,2)3/h6-10,12,20H,4-5,11,13H2,1-3H3. The maximum Gasteiger partial charge on any atom is 0.339 e. The highest BCUT2D eigenvalue weighted by molar-refractivity contribution is 5.97. The van der Waals surface area contributed by atoms with Crippen LogP contribution in [0.4, 0.5) is 0 Å². The number of unbranched alkanes of at least 4 members (excludes halogenated alkanes) is 1. The maximum atomic E-state index is 12.6. The number of ether oxygens (including phenoxy) is 2. The van der Waals surface area contributed by atoms with Gasteiger partial charge in [0.15, 0.2) is 0 Å². The van der Waals surface area contributed by atoms with Crippen LogP contribution in [0.1, 0.15) is 77.9 Å². The second kappa shape index (κ2) is 5.99. The fraction of sp³-hybridized carbons (Fsp3) is 0.409. The van der Waals surface area contributed by atoms with Gasteiger partial charge < -0.3 is 9.47 Å². The van der Waals surface area contributed by atoms with Crippen molar-refractivity contribution in [1.29, 1.82) is 0 Å². The lowest BCUT2D eigenvalue weighted by Gasteiger charge is -2.20. The predicted octanol–water partition coefficient (Wildman–Crippen LogP) is 5.05. The minimum atomic E-state index is -0.577. The van der Waals surface area contributed by atoms with Crippen LogP contribution >= 0.6 is 0 Å². The average Bonchev–Trinajstić information content (AvgIpc) is 3.12. The van der Waals surface area contributed by atoms with E-state index in [1.165, 1.54) is 11.1 Å². The van der Waals surface area contributed by atoms with E-state index in [0.717, 1.165) is 41.5 Å². The van der Waals surface area contributed by atoms with E-state index in [0.29, 0.717) is 6.61 Å². The highest BCUT2D eigenvalue weighted by Crippen LogP contribution is 2.46. The first kappa shape index (κ1) is 16.3. The van der Waals surface area contributed by atoms with Crippen LogP contribution in [0, 0.1) is 0 Å². The van der Waals surface area contributed by atoms with Gasteiger partial charge in [-0.25, -0.2) is 4.79 Å². The Kier molecular flexibility index (Phi) is 3.92. The molecule has 2 heterocycles. The number of fused-ring (bicyclic) bond motifs is 2. The molecule has 2 aliphatic rings. The zero-order chi connectivity index (χ0) is 17.6. The van der Waals surface area contributed by atoms with Crippen LogP contribution in [0.15, 0.2) is 36.4 Å². The van der Waals surface area contributed by atoms with Crippen LogP contribution in [-0.4, -0.2) is 5.97 Å². The fourth-order valence-electron chi connectivity index (χ4n) is 4.04. The Morgan fingerprint density at radius 1 is 1.20 bits per heavy atom. The van der Waals surface area contributed by atoms with Crippen molar-refractivity contribution >= 4 is 5.97 Å². The van der Waals surface area contributed by atoms with Crippen LogP contribution < -0.4 is 0 Å². The van der Waals surface area contributed by atoms with Crippen molar-refractivity contribution < 1.29 is 14.3 Å². The van der Waals surface area contributed by atoms with Gasteiger partial charge in [0.05, 0.1) is 12.2 Å². The molecule has 0 spiro atoms. The first-order valence-electron chi connectivity index (χ1n) is 9.12. The zero-order valence-corrected chi connectivity index (χ0v) is 15.1. The van der Waals surface area contributed by atoms with Crippen molar-refractivity contribution in [3.63, 3.8) is 0 Å². The van der Waals surface area contributed by atoms with E-state index >= 15 is 0 Å². The van der Waals surface area contributed by atoms with Crippen LogP contribution in [0.2, 0.25) is 0 Å². The molecule has 1 atom stereocenters. The monoisotopic (exact) mass is 336 g/mol. The smallest absolute Gasteiger partial charge is 0.339 e. The molecule has 2 aliphatic heterocycles. The summed E-state index contributed by atoms with van der Waals surface area (Å²) in [5.41, 5.74) is 5.90. The van der Waals surface area contributed by atoms with E-state index in [2.05, 4.69) is 25.1 Å². The van der Waals surface area contributed by atoms with E-state index in [4.69, 9.17) is 9.47 Å². The van der Waals surface area contributed by atoms with E-state index in [1.54, 1.807) is 0 Å². The molecule has 0 saturated carbocycles. The molecule has 3 nitrogen and oxygen atoms in total. The third kappa shape index (κ3) is 2.58. The summed E-state index contributed by atoms with van der Waals surface area (Å²) < 4.78 is 11.8. The van der Waals surface area contributed by atoms with Crippen LogP contribution in [0.3, 0.4) is 0 Å². The lowest BCUT2D eigenvalue weighted by molar-refractivity contribution is 0.00942. The number of hydrogen-bond donors (Lipinski definition) is 0. The molecule has 3 heteroatoms. The highest BCUT2D eigenvalue weighted by atomic mass is 16.6. The summed E-state index contributed by atoms with van der Waals surface area (Å²) >= 11 is 0. The number of cyclic esters (lactones) is 1. The number of carbonyl (C=O) groups excluding carboxylic acids is 1. The van der Waals surface area contributed by atoms with E-state index in [-0.39, 0.29) is 12.1 Å². The minimum absolute atomic E-state index is 0.0617. The summed E-state index contributed by atoms with van der Waals surface area (Å²) in [6, 6.07) is 12.5. The van der Waals surface area contributed by atoms with Crippen molar-refractivity contribution in [3.8, 4) is 0 Å². The Morgan fingerprint density at radius 2 is 1.96 bits per heavy atom. The molecule has 0 fully saturated rings. The molecule has 0 radical (unpaired) electrons. The highest BCUT2D eigenvalue weighted by Gasteiger charge is 2.42. The molecule has 0 saturated heterocycles. The first-order valence-corrected chi connectivity index (χ1v) is 9.12. The molecule has 2 aromatic carbocycles. The minimum Gasteiger partial charge on any atom is -0.451 e. The molecule has 2 aromatic rings. The number of hydrogen-bond acceptors (Lipinski definition) is 3. The fourth-order valence-corrected chi connectivity index (χ4v) is 4.04. The second-order valence-corrected chi connectivity index (χ2v) is 7.45. The third-order valence-electron chi connectivity index (χ3n) is 5.34. The third-order valence-corrected chi connectivity index (χ3v) is 5.34. The van der Waals surface area contributed by atoms with Crippen molar-refractivity contribution in [2.75, 3.05) is 0 Å². The molecule has 0 bridgehead atoms. The molecular formula is C22H24O3. The average molecular weight is 336 g/mol. The topological polar surface area (TPSA) is 35.5 Å². The first-order chi connectivity index (χ1) is 12.0. The summed E-state index contributed by atoms with van der Waals surface area (Å²) in [5, 5.41) is 0. The summed E-state index contributed by atoms with van der Waals surface area (Å²) in [6.07, 6.45) is 3.00. The van der Waals surface area contributed by atoms with Gasteiger partial charge in [-0.05, 0) is 55.0 Å². The Balaban J connectivity index is 1.90. The summed E-state index contributed by atoms with van der Waals surface area (Å²) in [7, 11) is 0. The molecule has 4 rings (SSSR count). The number of carbonyl (C=O) groups is 1. The molecule has 130 valence electrons. The number of rotatable bonds is 4. The molecule has 0 aromatic heterocycles. The molecule has 0 N–H and O–H groups in total. The Morgan fingerprint density at radius 3 is 2.68 bits per heavy atom. The lowest BCUT2D eigenvalue weighted by Crippen LogP contribution is -2.16. The van der Waals surface area contributed by atoms with Gasteiger partial charge in [0.2, 0.25) is 0 Å². The predicted molar refractivity (Wildman–Crippen MR) is 96.6 cm³/mol. The van der Waals surface area contributed by atoms with Gasteiger partial charge in [-0.15, -0.1) is 0 Å². The van der Waals surface area contributed by atoms with Crippen molar-refractivity contribution in [3.05, 3.63) is 69.8 Å². The van der Waals surface area contributed by atoms with Crippen LogP contribution in [-0.2, 0) is 28.1 Å². The van der Waals surface area contributed by atoms with Gasteiger partial charge in [-0.3, -0.25) is 0 Å². The Labute approximate surface area is 149 Å². The van der Waals surface area contributed by atoms with Crippen LogP contribution in [0.5, 0.6) is 0 Å². The Bertz CT molecular complexity index is 821. The van der Waals surface area contributed by atoms with Crippen molar-refractivity contribution in [1.82, 2.24) is 0 Å². The van der Waals surface area contributed by atoms with Crippen LogP contribution in [0.25, 0.3) is 0 Å². The quantitative estimate of drug-likeness (QED) is 0.733. The summed E-state index contributed by atoms with van der Waals surface area (Å²) in [6.45, 7) is 6.68. The second-order valence-electron chi connectivity index (χ2n) is 7.45. The van der Waals surface area contributed by atoms with Gasteiger partial charge in [0.1, 0.15) is 11.7 Å². The van der Waals surface area contributed by atoms with Gasteiger partial charge in [-0.1, -0.05) is 43.7 Å². The largest absolute Gasteiger partial charge is 0.451 e. The van der Waals surface area contributed by atoms with Gasteiger partial charge in [0.25, 0.3) is 0 Å². The zero-order valence-electron chi connectivity index (χ0n) is 15.1. The van der Waals surface area contributed by atoms with E-state index in [9.17, 15) is 4.79 Å². The van der Waals surface area contributed by atoms with Gasteiger partial charge in [-0.2, -0.15) is 0 Å². The van der Waals surface area contributed by atoms with E-state index < -0.39 is 5.60 Å². The van der Waals surface area contributed by atoms with Gasteiger partial charge in [0, 0.05) is 5.56 Å². The summed E-state index contributed by atoms with van der Waals surface area (Å²) in [5.74, 6) is -0.183. The molecule has 25 heavy (non-hydrogen) atoms. The molecule has 0 amide bonds. The normalized spacial score (nSPS) is 20.3. The SMILES string of the molecule is CCCCc1c2c(cc3c1C(=O)OC3(C)C)C(c1ccccc1)OC2. The van der Waals surface area contributed by atoms with E-state index in [1.807, 2.05) is 32.0 Å². The van der Waals surface area contributed by atoms with Crippen molar-refractivity contribution in [2.24, 2.45) is 0 Å². The summed E-state index contributed by atoms with van der Waals surface area (Å²) in [4.78, 5) is 12.6. The Hall–Kier alpha value is -2.13. The molecule has 1 unspecified atom stereocenters. The molecule has 0 aliphatic carbocycles. The number of benzene rings is 2.